The summed E-state index contributed by atoms with van der Waals surface area (Å²) in [6, 6.07) is 1.38. The number of rotatable bonds is 1. The number of carboxylic acid groups (broad SMARTS) is 1. The third-order valence-corrected chi connectivity index (χ3v) is 2.62. The number of nitrogens with two attached hydrogens (primary N) is 1. The normalized spacial score (nSPS) is 10.8. The second kappa shape index (κ2) is 3.23. The topological polar surface area (TPSA) is 76.5 Å². The third-order valence-electron chi connectivity index (χ3n) is 2.04. The largest absolute Gasteiger partial charge is 0.478 e. The Morgan fingerprint density at radius 2 is 2.20 bits per heavy atom. The molecule has 78 valence electrons. The summed E-state index contributed by atoms with van der Waals surface area (Å²) < 4.78 is 18.4. The van der Waals surface area contributed by atoms with Crippen LogP contribution in [0.1, 0.15) is 10.4 Å². The molecule has 0 amide bonds. The lowest BCUT2D eigenvalue weighted by Crippen LogP contribution is -2.02. The van der Waals surface area contributed by atoms with E-state index in [2.05, 4.69) is 15.9 Å². The van der Waals surface area contributed by atoms with Crippen molar-refractivity contribution in [2.75, 3.05) is 5.73 Å². The van der Waals surface area contributed by atoms with Crippen LogP contribution < -0.4 is 5.73 Å². The van der Waals surface area contributed by atoms with E-state index in [4.69, 9.17) is 15.3 Å². The van der Waals surface area contributed by atoms with Gasteiger partial charge in [0.2, 0.25) is 0 Å². The van der Waals surface area contributed by atoms with Crippen LogP contribution in [0.15, 0.2) is 21.2 Å². The number of fused-ring (bicyclic) bond motifs is 1. The number of hydrogen-bond acceptors (Lipinski definition) is 3. The van der Waals surface area contributed by atoms with Gasteiger partial charge in [0.1, 0.15) is 11.8 Å². The molecule has 0 unspecified atom stereocenters. The van der Waals surface area contributed by atoms with Gasteiger partial charge in [-0.1, -0.05) is 0 Å². The standard InChI is InChI=1S/C9H5BrFNO3/c10-5-1-3-4(2-15-8(3)12)6(7(5)11)9(13)14/h1-2H,12H2,(H,13,14). The summed E-state index contributed by atoms with van der Waals surface area (Å²) in [4.78, 5) is 10.9. The van der Waals surface area contributed by atoms with Crippen molar-refractivity contribution in [3.63, 3.8) is 0 Å². The van der Waals surface area contributed by atoms with Crippen LogP contribution in [-0.4, -0.2) is 11.1 Å². The van der Waals surface area contributed by atoms with Crippen molar-refractivity contribution >= 4 is 38.6 Å². The molecule has 2 rings (SSSR count). The molecular weight excluding hydrogens is 269 g/mol. The van der Waals surface area contributed by atoms with Gasteiger partial charge in [-0.05, 0) is 22.0 Å². The summed E-state index contributed by atoms with van der Waals surface area (Å²) in [5.74, 6) is -2.14. The maximum absolute atomic E-state index is 13.5. The van der Waals surface area contributed by atoms with Crippen LogP contribution in [0, 0.1) is 5.82 Å². The molecule has 1 aromatic heterocycles. The van der Waals surface area contributed by atoms with E-state index in [1.54, 1.807) is 0 Å². The number of carboxylic acids is 1. The molecule has 0 saturated heterocycles. The van der Waals surface area contributed by atoms with E-state index in [0.717, 1.165) is 6.26 Å². The molecule has 0 aliphatic rings. The van der Waals surface area contributed by atoms with Gasteiger partial charge < -0.3 is 15.3 Å². The molecule has 2 aromatic rings. The van der Waals surface area contributed by atoms with Gasteiger partial charge in [0, 0.05) is 10.8 Å². The lowest BCUT2D eigenvalue weighted by Gasteiger charge is -2.01. The van der Waals surface area contributed by atoms with Crippen LogP contribution in [0.2, 0.25) is 0 Å². The van der Waals surface area contributed by atoms with E-state index in [1.807, 2.05) is 0 Å². The Labute approximate surface area is 91.6 Å². The smallest absolute Gasteiger partial charge is 0.339 e. The van der Waals surface area contributed by atoms with E-state index in [1.165, 1.54) is 6.07 Å². The molecule has 4 nitrogen and oxygen atoms in total. The number of carbonyl (C=O) groups is 1. The fraction of sp³-hybridized carbons (Fsp3) is 0. The van der Waals surface area contributed by atoms with Gasteiger partial charge in [0.25, 0.3) is 0 Å². The van der Waals surface area contributed by atoms with Gasteiger partial charge in [-0.2, -0.15) is 0 Å². The van der Waals surface area contributed by atoms with Gasteiger partial charge in [0.15, 0.2) is 11.7 Å². The summed E-state index contributed by atoms with van der Waals surface area (Å²) in [5.41, 5.74) is 5.02. The second-order valence-electron chi connectivity index (χ2n) is 2.91. The minimum Gasteiger partial charge on any atom is -0.478 e. The van der Waals surface area contributed by atoms with E-state index in [9.17, 15) is 9.18 Å². The molecule has 0 bridgehead atoms. The quantitative estimate of drug-likeness (QED) is 0.838. The van der Waals surface area contributed by atoms with E-state index in [-0.39, 0.29) is 15.7 Å². The zero-order valence-electron chi connectivity index (χ0n) is 7.25. The fourth-order valence-corrected chi connectivity index (χ4v) is 1.79. The van der Waals surface area contributed by atoms with Crippen LogP contribution in [0.25, 0.3) is 10.8 Å². The Kier molecular flexibility index (Phi) is 2.15. The second-order valence-corrected chi connectivity index (χ2v) is 3.77. The zero-order valence-corrected chi connectivity index (χ0v) is 8.84. The number of anilines is 1. The van der Waals surface area contributed by atoms with Crippen molar-refractivity contribution in [2.24, 2.45) is 0 Å². The SMILES string of the molecule is Nc1occ2c(C(=O)O)c(F)c(Br)cc12. The molecule has 0 aliphatic heterocycles. The van der Waals surface area contributed by atoms with Crippen LogP contribution in [0.3, 0.4) is 0 Å². The predicted octanol–water partition coefficient (Wildman–Crippen LogP) is 2.61. The molecule has 1 aromatic carbocycles. The highest BCUT2D eigenvalue weighted by Gasteiger charge is 2.20. The first-order valence-electron chi connectivity index (χ1n) is 3.90. The highest BCUT2D eigenvalue weighted by molar-refractivity contribution is 9.10. The van der Waals surface area contributed by atoms with Gasteiger partial charge in [0.05, 0.1) is 4.47 Å². The predicted molar refractivity (Wildman–Crippen MR) is 55.2 cm³/mol. The van der Waals surface area contributed by atoms with Crippen molar-refractivity contribution in [3.05, 3.63) is 28.2 Å². The summed E-state index contributed by atoms with van der Waals surface area (Å²) in [6.45, 7) is 0. The molecule has 0 fully saturated rings. The molecule has 3 N–H and O–H groups in total. The van der Waals surface area contributed by atoms with E-state index in [0.29, 0.717) is 5.39 Å². The summed E-state index contributed by atoms with van der Waals surface area (Å²) in [5, 5.41) is 9.38. The first-order valence-corrected chi connectivity index (χ1v) is 4.69. The lowest BCUT2D eigenvalue weighted by atomic mass is 10.1. The maximum Gasteiger partial charge on any atom is 0.339 e. The van der Waals surface area contributed by atoms with Crippen molar-refractivity contribution in [3.8, 4) is 0 Å². The first-order chi connectivity index (χ1) is 7.02. The number of aromatic carboxylic acids is 1. The van der Waals surface area contributed by atoms with Crippen molar-refractivity contribution in [1.82, 2.24) is 0 Å². The molecule has 1 heterocycles. The zero-order chi connectivity index (χ0) is 11.2. The fourth-order valence-electron chi connectivity index (χ4n) is 1.36. The highest BCUT2D eigenvalue weighted by Crippen LogP contribution is 2.32. The minimum absolute atomic E-state index is 0.0421. The monoisotopic (exact) mass is 273 g/mol. The van der Waals surface area contributed by atoms with Gasteiger partial charge in [-0.3, -0.25) is 0 Å². The third kappa shape index (κ3) is 1.37. The number of nitrogen functional groups attached to an aromatic ring is 1. The molecule has 15 heavy (non-hydrogen) atoms. The minimum atomic E-state index is -1.36. The van der Waals surface area contributed by atoms with Gasteiger partial charge >= 0.3 is 5.97 Å². The van der Waals surface area contributed by atoms with Gasteiger partial charge in [-0.15, -0.1) is 0 Å². The Balaban J connectivity index is 2.97. The van der Waals surface area contributed by atoms with Crippen molar-refractivity contribution in [1.29, 1.82) is 0 Å². The lowest BCUT2D eigenvalue weighted by molar-refractivity contribution is 0.0694. The number of hydrogen-bond donors (Lipinski definition) is 2. The Bertz CT molecular complexity index is 564. The number of benzene rings is 1. The van der Waals surface area contributed by atoms with E-state index < -0.39 is 17.3 Å². The van der Waals surface area contributed by atoms with Crippen molar-refractivity contribution < 1.29 is 18.7 Å². The van der Waals surface area contributed by atoms with Crippen molar-refractivity contribution in [2.45, 2.75) is 0 Å². The highest BCUT2D eigenvalue weighted by atomic mass is 79.9. The molecule has 0 spiro atoms. The number of furan rings is 1. The van der Waals surface area contributed by atoms with Crippen LogP contribution in [0.5, 0.6) is 0 Å². The summed E-state index contributed by atoms with van der Waals surface area (Å²) in [7, 11) is 0. The average Bonchev–Trinajstić information content (AvgIpc) is 2.49. The Hall–Kier alpha value is -1.56. The van der Waals surface area contributed by atoms with Crippen LogP contribution in [-0.2, 0) is 0 Å². The maximum atomic E-state index is 13.5. The van der Waals surface area contributed by atoms with Gasteiger partial charge in [-0.25, -0.2) is 9.18 Å². The molecule has 0 saturated carbocycles. The van der Waals surface area contributed by atoms with E-state index >= 15 is 0 Å². The molecule has 0 aliphatic carbocycles. The molecule has 6 heteroatoms. The number of halogens is 2. The summed E-state index contributed by atoms with van der Waals surface area (Å²) >= 11 is 2.92. The molecule has 0 atom stereocenters. The van der Waals surface area contributed by atoms with Crippen LogP contribution >= 0.6 is 15.9 Å². The summed E-state index contributed by atoms with van der Waals surface area (Å²) in [6.07, 6.45) is 1.13. The average molecular weight is 274 g/mol. The Morgan fingerprint density at radius 3 is 2.80 bits per heavy atom. The molecule has 0 radical (unpaired) electrons. The van der Waals surface area contributed by atoms with Crippen LogP contribution in [0.4, 0.5) is 10.3 Å². The molecular formula is C9H5BrFNO3. The Morgan fingerprint density at radius 1 is 1.53 bits per heavy atom. The first kappa shape index (κ1) is 9.97.